The maximum Gasteiger partial charge on any atom is 0.326 e. The summed E-state index contributed by atoms with van der Waals surface area (Å²) in [4.78, 5) is 24.3. The Labute approximate surface area is 100 Å². The maximum atomic E-state index is 11.5. The number of carboxylic acids is 1. The fourth-order valence-corrected chi connectivity index (χ4v) is 3.41. The first kappa shape index (κ1) is 13.4. The van der Waals surface area contributed by atoms with Crippen molar-refractivity contribution in [2.45, 2.75) is 32.7 Å². The molecule has 0 aromatic heterocycles. The lowest BCUT2D eigenvalue weighted by Crippen LogP contribution is -2.49. The molecule has 0 saturated carbocycles. The second-order valence-corrected chi connectivity index (χ2v) is 5.27. The van der Waals surface area contributed by atoms with Crippen LogP contribution in [0.3, 0.4) is 0 Å². The van der Waals surface area contributed by atoms with Gasteiger partial charge in [0.25, 0.3) is 0 Å². The molecule has 2 atom stereocenters. The van der Waals surface area contributed by atoms with E-state index >= 15 is 0 Å². The number of amides is 1. The van der Waals surface area contributed by atoms with E-state index in [1.165, 1.54) is 11.8 Å². The fourth-order valence-electron chi connectivity index (χ4n) is 2.12. The molecular formula is C11H19NO3S. The average molecular weight is 245 g/mol. The standard InChI is InChI=1S/C11H19NO3S/c1-3-5-12(8(2)13)10(11(14)15)9-4-6-16-7-9/h9-10H,3-7H2,1-2H3,(H,14,15). The average Bonchev–Trinajstić information content (AvgIpc) is 2.69. The van der Waals surface area contributed by atoms with Crippen molar-refractivity contribution in [3.8, 4) is 0 Å². The molecule has 1 heterocycles. The molecular weight excluding hydrogens is 226 g/mol. The van der Waals surface area contributed by atoms with Crippen LogP contribution in [-0.4, -0.2) is 46.0 Å². The lowest BCUT2D eigenvalue weighted by molar-refractivity contribution is -0.151. The van der Waals surface area contributed by atoms with E-state index in [2.05, 4.69) is 0 Å². The van der Waals surface area contributed by atoms with Gasteiger partial charge in [-0.3, -0.25) is 4.79 Å². The quantitative estimate of drug-likeness (QED) is 0.796. The number of thioether (sulfide) groups is 1. The Balaban J connectivity index is 2.80. The van der Waals surface area contributed by atoms with E-state index in [-0.39, 0.29) is 11.8 Å². The van der Waals surface area contributed by atoms with Gasteiger partial charge < -0.3 is 10.0 Å². The molecule has 1 amide bonds. The van der Waals surface area contributed by atoms with E-state index in [1.54, 1.807) is 11.8 Å². The molecule has 4 nitrogen and oxygen atoms in total. The van der Waals surface area contributed by atoms with Crippen LogP contribution in [0.1, 0.15) is 26.7 Å². The topological polar surface area (TPSA) is 57.6 Å². The van der Waals surface area contributed by atoms with Crippen LogP contribution in [0.4, 0.5) is 0 Å². The number of carbonyl (C=O) groups is 2. The summed E-state index contributed by atoms with van der Waals surface area (Å²) in [5.41, 5.74) is 0. The molecule has 0 aliphatic carbocycles. The molecule has 1 fully saturated rings. The van der Waals surface area contributed by atoms with E-state index in [0.717, 1.165) is 24.3 Å². The second-order valence-electron chi connectivity index (χ2n) is 4.12. The number of hydrogen-bond donors (Lipinski definition) is 1. The van der Waals surface area contributed by atoms with Gasteiger partial charge in [0.1, 0.15) is 6.04 Å². The number of aliphatic carboxylic acids is 1. The number of rotatable bonds is 5. The smallest absolute Gasteiger partial charge is 0.326 e. The predicted octanol–water partition coefficient (Wildman–Crippen LogP) is 1.45. The molecule has 0 aromatic rings. The molecule has 0 spiro atoms. The van der Waals surface area contributed by atoms with Gasteiger partial charge in [0.15, 0.2) is 0 Å². The van der Waals surface area contributed by atoms with Crippen LogP contribution >= 0.6 is 11.8 Å². The van der Waals surface area contributed by atoms with Crippen LogP contribution in [0, 0.1) is 5.92 Å². The lowest BCUT2D eigenvalue weighted by Gasteiger charge is -2.31. The molecule has 0 radical (unpaired) electrons. The molecule has 1 N–H and O–H groups in total. The molecule has 1 aliphatic heterocycles. The van der Waals surface area contributed by atoms with E-state index < -0.39 is 12.0 Å². The third-order valence-corrected chi connectivity index (χ3v) is 4.06. The van der Waals surface area contributed by atoms with Gasteiger partial charge in [0.05, 0.1) is 0 Å². The molecule has 92 valence electrons. The largest absolute Gasteiger partial charge is 0.480 e. The second kappa shape index (κ2) is 6.13. The van der Waals surface area contributed by atoms with E-state index in [9.17, 15) is 14.7 Å². The Bertz CT molecular complexity index is 264. The SMILES string of the molecule is CCCN(C(C)=O)C(C(=O)O)C1CCSC1. The Morgan fingerprint density at radius 1 is 1.56 bits per heavy atom. The van der Waals surface area contributed by atoms with Crippen LogP contribution in [-0.2, 0) is 9.59 Å². The van der Waals surface area contributed by atoms with Crippen molar-refractivity contribution < 1.29 is 14.7 Å². The van der Waals surface area contributed by atoms with Gasteiger partial charge in [-0.2, -0.15) is 11.8 Å². The number of nitrogens with zero attached hydrogens (tertiary/aromatic N) is 1. The van der Waals surface area contributed by atoms with Gasteiger partial charge in [-0.15, -0.1) is 0 Å². The highest BCUT2D eigenvalue weighted by atomic mass is 32.2. The fraction of sp³-hybridized carbons (Fsp3) is 0.818. The minimum Gasteiger partial charge on any atom is -0.480 e. The highest BCUT2D eigenvalue weighted by molar-refractivity contribution is 7.99. The molecule has 0 aromatic carbocycles. The summed E-state index contributed by atoms with van der Waals surface area (Å²) in [6.45, 7) is 3.94. The van der Waals surface area contributed by atoms with Crippen molar-refractivity contribution >= 4 is 23.6 Å². The Morgan fingerprint density at radius 3 is 2.62 bits per heavy atom. The number of carboxylic acid groups (broad SMARTS) is 1. The van der Waals surface area contributed by atoms with Crippen LogP contribution in [0.5, 0.6) is 0 Å². The maximum absolute atomic E-state index is 11.5. The summed E-state index contributed by atoms with van der Waals surface area (Å²) in [7, 11) is 0. The predicted molar refractivity (Wildman–Crippen MR) is 64.5 cm³/mol. The third kappa shape index (κ3) is 3.14. The van der Waals surface area contributed by atoms with E-state index in [1.807, 2.05) is 6.92 Å². The van der Waals surface area contributed by atoms with Crippen molar-refractivity contribution in [1.29, 1.82) is 0 Å². The van der Waals surface area contributed by atoms with Gasteiger partial charge in [0.2, 0.25) is 5.91 Å². The minimum atomic E-state index is -0.865. The molecule has 1 rings (SSSR count). The monoisotopic (exact) mass is 245 g/mol. The summed E-state index contributed by atoms with van der Waals surface area (Å²) >= 11 is 1.77. The molecule has 5 heteroatoms. The van der Waals surface area contributed by atoms with Crippen molar-refractivity contribution in [1.82, 2.24) is 4.90 Å². The van der Waals surface area contributed by atoms with E-state index in [0.29, 0.717) is 6.54 Å². The van der Waals surface area contributed by atoms with Crippen molar-refractivity contribution in [3.63, 3.8) is 0 Å². The van der Waals surface area contributed by atoms with Gasteiger partial charge in [0, 0.05) is 13.5 Å². The number of carbonyl (C=O) groups excluding carboxylic acids is 1. The van der Waals surface area contributed by atoms with Crippen LogP contribution in [0.15, 0.2) is 0 Å². The van der Waals surface area contributed by atoms with Crippen molar-refractivity contribution in [2.75, 3.05) is 18.1 Å². The number of hydrogen-bond acceptors (Lipinski definition) is 3. The zero-order chi connectivity index (χ0) is 12.1. The lowest BCUT2D eigenvalue weighted by atomic mass is 9.97. The highest BCUT2D eigenvalue weighted by Crippen LogP contribution is 2.29. The first-order valence-electron chi connectivity index (χ1n) is 5.65. The Kier molecular flexibility index (Phi) is 5.12. The normalized spacial score (nSPS) is 21.8. The molecule has 16 heavy (non-hydrogen) atoms. The van der Waals surface area contributed by atoms with Gasteiger partial charge in [-0.05, 0) is 30.3 Å². The zero-order valence-corrected chi connectivity index (χ0v) is 10.6. The van der Waals surface area contributed by atoms with Crippen LogP contribution < -0.4 is 0 Å². The highest BCUT2D eigenvalue weighted by Gasteiger charge is 2.36. The van der Waals surface area contributed by atoms with Crippen LogP contribution in [0.2, 0.25) is 0 Å². The van der Waals surface area contributed by atoms with E-state index in [4.69, 9.17) is 0 Å². The minimum absolute atomic E-state index is 0.109. The van der Waals surface area contributed by atoms with Gasteiger partial charge in [-0.25, -0.2) is 4.79 Å². The van der Waals surface area contributed by atoms with Gasteiger partial charge in [-0.1, -0.05) is 6.92 Å². The zero-order valence-electron chi connectivity index (χ0n) is 9.81. The molecule has 2 unspecified atom stereocenters. The summed E-state index contributed by atoms with van der Waals surface area (Å²) in [5, 5.41) is 9.28. The summed E-state index contributed by atoms with van der Waals surface area (Å²) < 4.78 is 0. The first-order valence-corrected chi connectivity index (χ1v) is 6.81. The first-order chi connectivity index (χ1) is 7.57. The molecule has 1 aliphatic rings. The summed E-state index contributed by atoms with van der Waals surface area (Å²) in [6, 6.07) is -0.632. The van der Waals surface area contributed by atoms with Crippen molar-refractivity contribution in [3.05, 3.63) is 0 Å². The van der Waals surface area contributed by atoms with Crippen molar-refractivity contribution in [2.24, 2.45) is 5.92 Å². The summed E-state index contributed by atoms with van der Waals surface area (Å²) in [5.74, 6) is 0.969. The van der Waals surface area contributed by atoms with Gasteiger partial charge >= 0.3 is 5.97 Å². The Hall–Kier alpha value is -0.710. The molecule has 0 bridgehead atoms. The Morgan fingerprint density at radius 2 is 2.25 bits per heavy atom. The third-order valence-electron chi connectivity index (χ3n) is 2.87. The van der Waals surface area contributed by atoms with Crippen LogP contribution in [0.25, 0.3) is 0 Å². The molecule has 1 saturated heterocycles. The summed E-state index contributed by atoms with van der Waals surface area (Å²) in [6.07, 6.45) is 1.69.